The number of carbonyl (C=O) groups is 1. The van der Waals surface area contributed by atoms with Gasteiger partial charge in [-0.2, -0.15) is 15.4 Å². The minimum absolute atomic E-state index is 0.171. The van der Waals surface area contributed by atoms with Crippen LogP contribution in [-0.2, 0) is 0 Å². The Morgan fingerprint density at radius 1 is 1.53 bits per heavy atom. The Bertz CT molecular complexity index is 306. The molecule has 0 spiro atoms. The van der Waals surface area contributed by atoms with Gasteiger partial charge in [-0.25, -0.2) is 0 Å². The van der Waals surface area contributed by atoms with Crippen molar-refractivity contribution >= 4 is 5.91 Å². The molecule has 1 fully saturated rings. The molecule has 1 amide bonds. The molecule has 3 N–H and O–H groups in total. The summed E-state index contributed by atoms with van der Waals surface area (Å²) in [6.07, 6.45) is 4.95. The first-order valence-corrected chi connectivity index (χ1v) is 5.23. The molecule has 6 nitrogen and oxygen atoms in total. The summed E-state index contributed by atoms with van der Waals surface area (Å²) in [4.78, 5) is 11.4. The highest BCUT2D eigenvalue weighted by Gasteiger charge is 2.19. The van der Waals surface area contributed by atoms with Crippen LogP contribution in [0.5, 0.6) is 0 Å². The molecule has 6 heteroatoms. The summed E-state index contributed by atoms with van der Waals surface area (Å²) in [5.74, 6) is -0.171. The van der Waals surface area contributed by atoms with Crippen molar-refractivity contribution < 1.29 is 4.79 Å². The molecule has 1 saturated carbocycles. The van der Waals surface area contributed by atoms with E-state index in [0.29, 0.717) is 12.2 Å². The summed E-state index contributed by atoms with van der Waals surface area (Å²) in [6.45, 7) is 1.63. The Labute approximate surface area is 87.8 Å². The summed E-state index contributed by atoms with van der Waals surface area (Å²) >= 11 is 0. The quantitative estimate of drug-likeness (QED) is 0.561. The lowest BCUT2D eigenvalue weighted by molar-refractivity contribution is 0.0948. The lowest BCUT2D eigenvalue weighted by Gasteiger charge is -2.03. The zero-order valence-corrected chi connectivity index (χ0v) is 8.49. The minimum atomic E-state index is -0.171. The Balaban J connectivity index is 1.55. The number of carbonyl (C=O) groups excluding carboxylic acids is 1. The molecule has 0 unspecified atom stereocenters. The van der Waals surface area contributed by atoms with Gasteiger partial charge in [0.25, 0.3) is 5.91 Å². The Hall–Kier alpha value is -1.43. The van der Waals surface area contributed by atoms with E-state index in [-0.39, 0.29) is 5.91 Å². The number of hydrogen-bond acceptors (Lipinski definition) is 4. The van der Waals surface area contributed by atoms with E-state index in [2.05, 4.69) is 26.0 Å². The van der Waals surface area contributed by atoms with Gasteiger partial charge in [0.1, 0.15) is 0 Å². The molecule has 0 saturated heterocycles. The maximum Gasteiger partial charge on any atom is 0.273 e. The van der Waals surface area contributed by atoms with Crippen molar-refractivity contribution in [2.24, 2.45) is 0 Å². The summed E-state index contributed by atoms with van der Waals surface area (Å²) in [6, 6.07) is 0.733. The molecule has 82 valence electrons. The molecule has 1 aliphatic rings. The summed E-state index contributed by atoms with van der Waals surface area (Å²) in [5.41, 5.74) is 0.338. The van der Waals surface area contributed by atoms with Crippen LogP contribution in [0.2, 0.25) is 0 Å². The second-order valence-electron chi connectivity index (χ2n) is 3.69. The van der Waals surface area contributed by atoms with Gasteiger partial charge in [0, 0.05) is 12.6 Å². The maximum absolute atomic E-state index is 11.4. The zero-order valence-electron chi connectivity index (χ0n) is 8.49. The number of nitrogens with one attached hydrogen (secondary N) is 3. The maximum atomic E-state index is 11.4. The van der Waals surface area contributed by atoms with Crippen LogP contribution in [0.4, 0.5) is 0 Å². The molecule has 0 radical (unpaired) electrons. The molecular formula is C9H15N5O. The molecule has 1 aliphatic carbocycles. The van der Waals surface area contributed by atoms with Crippen LogP contribution in [0, 0.1) is 0 Å². The van der Waals surface area contributed by atoms with E-state index in [9.17, 15) is 4.79 Å². The van der Waals surface area contributed by atoms with Crippen molar-refractivity contribution in [2.75, 3.05) is 13.1 Å². The minimum Gasteiger partial charge on any atom is -0.351 e. The van der Waals surface area contributed by atoms with Gasteiger partial charge in [-0.05, 0) is 25.8 Å². The van der Waals surface area contributed by atoms with Gasteiger partial charge in [0.05, 0.1) is 6.20 Å². The largest absolute Gasteiger partial charge is 0.351 e. The van der Waals surface area contributed by atoms with Gasteiger partial charge >= 0.3 is 0 Å². The van der Waals surface area contributed by atoms with Crippen molar-refractivity contribution in [3.05, 3.63) is 11.9 Å². The third-order valence-electron chi connectivity index (χ3n) is 2.30. The number of hydrogen-bond donors (Lipinski definition) is 3. The number of amides is 1. The van der Waals surface area contributed by atoms with Crippen LogP contribution in [0.3, 0.4) is 0 Å². The van der Waals surface area contributed by atoms with Crippen LogP contribution < -0.4 is 10.6 Å². The molecule has 1 heterocycles. The molecule has 1 aromatic rings. The van der Waals surface area contributed by atoms with Gasteiger partial charge in [-0.1, -0.05) is 0 Å². The predicted molar refractivity (Wildman–Crippen MR) is 54.4 cm³/mol. The second-order valence-corrected chi connectivity index (χ2v) is 3.69. The van der Waals surface area contributed by atoms with E-state index in [1.807, 2.05) is 0 Å². The number of aromatic amines is 1. The van der Waals surface area contributed by atoms with E-state index < -0.39 is 0 Å². The normalized spacial score (nSPS) is 15.2. The molecule has 2 rings (SSSR count). The number of aromatic nitrogens is 3. The summed E-state index contributed by atoms with van der Waals surface area (Å²) < 4.78 is 0. The predicted octanol–water partition coefficient (Wildman–Crippen LogP) is -0.323. The highest BCUT2D eigenvalue weighted by molar-refractivity contribution is 5.91. The standard InChI is InChI=1S/C9H15N5O/c15-9(8-6-12-14-13-8)11-5-1-4-10-7-2-3-7/h6-7,10H,1-5H2,(H,11,15)(H,12,13,14). The first-order valence-electron chi connectivity index (χ1n) is 5.23. The lowest BCUT2D eigenvalue weighted by Crippen LogP contribution is -2.28. The first kappa shape index (κ1) is 10.1. The molecule has 1 aromatic heterocycles. The fraction of sp³-hybridized carbons (Fsp3) is 0.667. The average Bonchev–Trinajstić information content (AvgIpc) is 2.90. The number of rotatable bonds is 6. The summed E-state index contributed by atoms with van der Waals surface area (Å²) in [5, 5.41) is 15.8. The lowest BCUT2D eigenvalue weighted by atomic mass is 10.4. The highest BCUT2D eigenvalue weighted by atomic mass is 16.1. The Morgan fingerprint density at radius 2 is 2.40 bits per heavy atom. The monoisotopic (exact) mass is 209 g/mol. The van der Waals surface area contributed by atoms with Crippen LogP contribution in [0.15, 0.2) is 6.20 Å². The summed E-state index contributed by atoms with van der Waals surface area (Å²) in [7, 11) is 0. The van der Waals surface area contributed by atoms with Crippen LogP contribution in [-0.4, -0.2) is 40.4 Å². The zero-order chi connectivity index (χ0) is 10.5. The van der Waals surface area contributed by atoms with Crippen LogP contribution in [0.25, 0.3) is 0 Å². The third-order valence-corrected chi connectivity index (χ3v) is 2.30. The molecule has 15 heavy (non-hydrogen) atoms. The SMILES string of the molecule is O=C(NCCCNC1CC1)c1cn[nH]n1. The smallest absolute Gasteiger partial charge is 0.273 e. The first-order chi connectivity index (χ1) is 7.36. The molecule has 0 aromatic carbocycles. The fourth-order valence-corrected chi connectivity index (χ4v) is 1.29. The highest BCUT2D eigenvalue weighted by Crippen LogP contribution is 2.18. The topological polar surface area (TPSA) is 82.7 Å². The van der Waals surface area contributed by atoms with Crippen molar-refractivity contribution in [3.8, 4) is 0 Å². The van der Waals surface area contributed by atoms with Crippen molar-refractivity contribution in [2.45, 2.75) is 25.3 Å². The van der Waals surface area contributed by atoms with Crippen molar-refractivity contribution in [1.29, 1.82) is 0 Å². The van der Waals surface area contributed by atoms with E-state index in [4.69, 9.17) is 0 Å². The molecular weight excluding hydrogens is 194 g/mol. The van der Waals surface area contributed by atoms with Crippen molar-refractivity contribution in [3.63, 3.8) is 0 Å². The van der Waals surface area contributed by atoms with Crippen molar-refractivity contribution in [1.82, 2.24) is 26.0 Å². The van der Waals surface area contributed by atoms with Crippen LogP contribution >= 0.6 is 0 Å². The van der Waals surface area contributed by atoms with E-state index in [1.165, 1.54) is 19.0 Å². The third kappa shape index (κ3) is 3.32. The van der Waals surface area contributed by atoms with Gasteiger partial charge < -0.3 is 10.6 Å². The van der Waals surface area contributed by atoms with Crippen LogP contribution in [0.1, 0.15) is 29.8 Å². The van der Waals surface area contributed by atoms with E-state index >= 15 is 0 Å². The van der Waals surface area contributed by atoms with Gasteiger partial charge in [0.2, 0.25) is 0 Å². The van der Waals surface area contributed by atoms with Gasteiger partial charge in [-0.3, -0.25) is 4.79 Å². The average molecular weight is 209 g/mol. The molecule has 0 aliphatic heterocycles. The Morgan fingerprint density at radius 3 is 3.07 bits per heavy atom. The molecule has 0 bridgehead atoms. The van der Waals surface area contributed by atoms with Gasteiger partial charge in [-0.15, -0.1) is 0 Å². The van der Waals surface area contributed by atoms with E-state index in [1.54, 1.807) is 0 Å². The van der Waals surface area contributed by atoms with Gasteiger partial charge in [0.15, 0.2) is 5.69 Å². The Kier molecular flexibility index (Phi) is 3.29. The second kappa shape index (κ2) is 4.88. The molecule has 0 atom stereocenters. The van der Waals surface area contributed by atoms with E-state index in [0.717, 1.165) is 19.0 Å². The number of nitrogens with zero attached hydrogens (tertiary/aromatic N) is 2. The number of H-pyrrole nitrogens is 1. The fourth-order valence-electron chi connectivity index (χ4n) is 1.29.